The number of hydrogen-bond donors (Lipinski definition) is 2. The fraction of sp³-hybridized carbons (Fsp3) is 0.421. The van der Waals surface area contributed by atoms with E-state index in [1.54, 1.807) is 31.7 Å². The van der Waals surface area contributed by atoms with E-state index in [0.29, 0.717) is 18.8 Å². The predicted molar refractivity (Wildman–Crippen MR) is 109 cm³/mol. The highest BCUT2D eigenvalue weighted by Gasteiger charge is 2.21. The van der Waals surface area contributed by atoms with Gasteiger partial charge in [-0.1, -0.05) is 6.07 Å². The molecule has 2 aromatic rings. The molecule has 0 radical (unpaired) electrons. The average Bonchev–Trinajstić information content (AvgIpc) is 2.74. The van der Waals surface area contributed by atoms with Gasteiger partial charge in [0, 0.05) is 64.8 Å². The lowest BCUT2D eigenvalue weighted by molar-refractivity contribution is -0.116. The monoisotopic (exact) mass is 382 g/mol. The highest BCUT2D eigenvalue weighted by Crippen LogP contribution is 2.10. The number of carbonyl (C=O) groups excluding carboxylic acids is 1. The summed E-state index contributed by atoms with van der Waals surface area (Å²) in [5, 5.41) is 6.06. The normalized spacial score (nSPS) is 14.7. The Labute approximate surface area is 164 Å². The summed E-state index contributed by atoms with van der Waals surface area (Å²) in [6.45, 7) is 5.75. The number of amides is 1. The van der Waals surface area contributed by atoms with Gasteiger partial charge in [0.25, 0.3) is 0 Å². The van der Waals surface area contributed by atoms with Crippen LogP contribution < -0.4 is 15.5 Å². The summed E-state index contributed by atoms with van der Waals surface area (Å²) in [5.74, 6) is 2.05. The van der Waals surface area contributed by atoms with Crippen molar-refractivity contribution in [2.24, 2.45) is 4.99 Å². The van der Waals surface area contributed by atoms with Gasteiger partial charge in [-0.15, -0.1) is 0 Å². The number of hydrogen-bond acceptors (Lipinski definition) is 6. The highest BCUT2D eigenvalue weighted by atomic mass is 16.1. The summed E-state index contributed by atoms with van der Waals surface area (Å²) in [4.78, 5) is 33.5. The molecule has 9 nitrogen and oxygen atoms in total. The Morgan fingerprint density at radius 3 is 2.54 bits per heavy atom. The summed E-state index contributed by atoms with van der Waals surface area (Å²) in [5.41, 5.74) is 1.06. The van der Waals surface area contributed by atoms with Crippen LogP contribution in [0.4, 0.5) is 11.8 Å². The number of nitrogens with zero attached hydrogens (tertiary/aromatic N) is 6. The largest absolute Gasteiger partial charge is 0.356 e. The van der Waals surface area contributed by atoms with Crippen LogP contribution in [0, 0.1) is 6.92 Å². The molecule has 0 spiro atoms. The second-order valence-electron chi connectivity index (χ2n) is 6.52. The Kier molecular flexibility index (Phi) is 6.72. The smallest absolute Gasteiger partial charge is 0.227 e. The zero-order chi connectivity index (χ0) is 19.8. The van der Waals surface area contributed by atoms with Crippen LogP contribution >= 0.6 is 0 Å². The van der Waals surface area contributed by atoms with Crippen LogP contribution in [0.3, 0.4) is 0 Å². The van der Waals surface area contributed by atoms with Crippen molar-refractivity contribution in [3.05, 3.63) is 42.4 Å². The summed E-state index contributed by atoms with van der Waals surface area (Å²) in [6.07, 6.45) is 5.58. The highest BCUT2D eigenvalue weighted by molar-refractivity contribution is 5.90. The molecular weight excluding hydrogens is 356 g/mol. The number of aliphatic imine (C=N–C) groups is 1. The molecular formula is C19H26N8O. The molecule has 1 aliphatic heterocycles. The van der Waals surface area contributed by atoms with Gasteiger partial charge in [-0.05, 0) is 24.6 Å². The molecule has 28 heavy (non-hydrogen) atoms. The molecule has 3 rings (SSSR count). The van der Waals surface area contributed by atoms with E-state index in [-0.39, 0.29) is 5.91 Å². The van der Waals surface area contributed by atoms with E-state index in [9.17, 15) is 4.79 Å². The van der Waals surface area contributed by atoms with Gasteiger partial charge in [-0.3, -0.25) is 9.79 Å². The van der Waals surface area contributed by atoms with Gasteiger partial charge in [0.05, 0.1) is 0 Å². The average molecular weight is 382 g/mol. The first-order chi connectivity index (χ1) is 13.7. The van der Waals surface area contributed by atoms with E-state index in [2.05, 4.69) is 40.4 Å². The zero-order valence-electron chi connectivity index (χ0n) is 16.3. The molecule has 0 atom stereocenters. The number of guanidine groups is 1. The van der Waals surface area contributed by atoms with E-state index in [0.717, 1.165) is 43.7 Å². The number of rotatable bonds is 5. The van der Waals surface area contributed by atoms with E-state index >= 15 is 0 Å². The first-order valence-electron chi connectivity index (χ1n) is 9.36. The maximum atomic E-state index is 12.1. The molecule has 148 valence electrons. The van der Waals surface area contributed by atoms with Gasteiger partial charge < -0.3 is 20.4 Å². The maximum Gasteiger partial charge on any atom is 0.227 e. The number of carbonyl (C=O) groups is 1. The number of aromatic nitrogens is 3. The maximum absolute atomic E-state index is 12.1. The molecule has 3 heterocycles. The molecule has 1 aliphatic rings. The number of piperazine rings is 1. The van der Waals surface area contributed by atoms with Crippen molar-refractivity contribution in [3.63, 3.8) is 0 Å². The molecule has 0 saturated carbocycles. The van der Waals surface area contributed by atoms with Gasteiger partial charge in [-0.25, -0.2) is 15.0 Å². The number of pyridine rings is 1. The second kappa shape index (κ2) is 9.63. The first-order valence-corrected chi connectivity index (χ1v) is 9.36. The van der Waals surface area contributed by atoms with Crippen LogP contribution in [0.1, 0.15) is 12.0 Å². The van der Waals surface area contributed by atoms with Gasteiger partial charge in [0.1, 0.15) is 5.82 Å². The minimum atomic E-state index is -0.0784. The van der Waals surface area contributed by atoms with Crippen molar-refractivity contribution < 1.29 is 4.79 Å². The standard InChI is InChI=1S/C19H26N8O/c1-15-4-5-16(24-14-15)25-17(28)6-9-23-18(20-2)26-10-12-27(13-11-26)19-21-7-3-8-22-19/h3-5,7-8,14H,6,9-13H2,1-2H3,(H,20,23)(H,24,25,28). The first kappa shape index (κ1) is 19.5. The van der Waals surface area contributed by atoms with Gasteiger partial charge in [0.15, 0.2) is 5.96 Å². The van der Waals surface area contributed by atoms with Gasteiger partial charge in [-0.2, -0.15) is 0 Å². The lowest BCUT2D eigenvalue weighted by atomic mass is 10.3. The summed E-state index contributed by atoms with van der Waals surface area (Å²) in [6, 6.07) is 5.54. The van der Waals surface area contributed by atoms with Crippen molar-refractivity contribution in [3.8, 4) is 0 Å². The fourth-order valence-electron chi connectivity index (χ4n) is 2.94. The SMILES string of the molecule is CN=C(NCCC(=O)Nc1ccc(C)cn1)N1CCN(c2ncccn2)CC1. The summed E-state index contributed by atoms with van der Waals surface area (Å²) in [7, 11) is 1.76. The van der Waals surface area contributed by atoms with Crippen molar-refractivity contribution in [2.75, 3.05) is 50.0 Å². The van der Waals surface area contributed by atoms with Crippen LogP contribution in [-0.2, 0) is 4.79 Å². The molecule has 0 aromatic carbocycles. The summed E-state index contributed by atoms with van der Waals surface area (Å²) >= 11 is 0. The Morgan fingerprint density at radius 2 is 1.89 bits per heavy atom. The predicted octanol–water partition coefficient (Wildman–Crippen LogP) is 0.906. The Morgan fingerprint density at radius 1 is 1.14 bits per heavy atom. The molecule has 0 bridgehead atoms. The topological polar surface area (TPSA) is 98.6 Å². The van der Waals surface area contributed by atoms with E-state index in [1.165, 1.54) is 0 Å². The van der Waals surface area contributed by atoms with Crippen LogP contribution in [0.25, 0.3) is 0 Å². The lowest BCUT2D eigenvalue weighted by Crippen LogP contribution is -2.53. The van der Waals surface area contributed by atoms with Crippen molar-refractivity contribution >= 4 is 23.6 Å². The lowest BCUT2D eigenvalue weighted by Gasteiger charge is -2.36. The Bertz CT molecular complexity index is 785. The molecule has 0 aliphatic carbocycles. The number of nitrogens with one attached hydrogen (secondary N) is 2. The number of aryl methyl sites for hydroxylation is 1. The molecule has 1 saturated heterocycles. The molecule has 2 N–H and O–H groups in total. The van der Waals surface area contributed by atoms with Crippen LogP contribution in [0.15, 0.2) is 41.8 Å². The van der Waals surface area contributed by atoms with Gasteiger partial charge in [0.2, 0.25) is 11.9 Å². The van der Waals surface area contributed by atoms with E-state index in [4.69, 9.17) is 0 Å². The van der Waals surface area contributed by atoms with Gasteiger partial charge >= 0.3 is 0 Å². The number of anilines is 2. The van der Waals surface area contributed by atoms with E-state index in [1.807, 2.05) is 19.1 Å². The van der Waals surface area contributed by atoms with Crippen molar-refractivity contribution in [1.29, 1.82) is 0 Å². The molecule has 1 fully saturated rings. The van der Waals surface area contributed by atoms with Crippen LogP contribution in [0.5, 0.6) is 0 Å². The van der Waals surface area contributed by atoms with Crippen LogP contribution in [0.2, 0.25) is 0 Å². The van der Waals surface area contributed by atoms with E-state index < -0.39 is 0 Å². The van der Waals surface area contributed by atoms with Crippen molar-refractivity contribution in [2.45, 2.75) is 13.3 Å². The fourth-order valence-corrected chi connectivity index (χ4v) is 2.94. The Balaban J connectivity index is 1.41. The molecule has 9 heteroatoms. The third-order valence-corrected chi connectivity index (χ3v) is 4.44. The minimum absolute atomic E-state index is 0.0784. The second-order valence-corrected chi connectivity index (χ2v) is 6.52. The summed E-state index contributed by atoms with van der Waals surface area (Å²) < 4.78 is 0. The van der Waals surface area contributed by atoms with Crippen molar-refractivity contribution in [1.82, 2.24) is 25.2 Å². The minimum Gasteiger partial charge on any atom is -0.356 e. The van der Waals surface area contributed by atoms with Crippen LogP contribution in [-0.4, -0.2) is 71.5 Å². The molecule has 0 unspecified atom stereocenters. The molecule has 2 aromatic heterocycles. The third-order valence-electron chi connectivity index (χ3n) is 4.44. The zero-order valence-corrected chi connectivity index (χ0v) is 16.3. The molecule has 1 amide bonds. The third kappa shape index (κ3) is 5.38. The Hall–Kier alpha value is -3.23. The quantitative estimate of drug-likeness (QED) is 0.586.